The van der Waals surface area contributed by atoms with Crippen molar-refractivity contribution in [2.24, 2.45) is 0 Å². The highest BCUT2D eigenvalue weighted by molar-refractivity contribution is 6.21. The Morgan fingerprint density at radius 3 is 2.14 bits per heavy atom. The SMILES string of the molecule is C1=CC2=C(c3ccc(-c4ccccc4)cc3)N(n3c4ccccc4c4c5ccccc5ccc43)C2CC1. The van der Waals surface area contributed by atoms with Crippen molar-refractivity contribution in [2.75, 3.05) is 5.01 Å². The lowest BCUT2D eigenvalue weighted by Crippen LogP contribution is -2.52. The molecule has 2 aliphatic rings. The molecule has 1 unspecified atom stereocenters. The Kier molecular flexibility index (Phi) is 4.44. The molecule has 0 bridgehead atoms. The minimum Gasteiger partial charge on any atom is -0.272 e. The molecule has 2 heterocycles. The van der Waals surface area contributed by atoms with Gasteiger partial charge in [-0.25, -0.2) is 0 Å². The standard InChI is InChI=1S/C35H26N2/c1-2-10-24(11-3-1)25-18-20-27(21-19-25)35-30-15-7-9-17-32(30)37(35)36-31-16-8-6-14-29(31)34-28-13-5-4-12-26(28)22-23-33(34)36/h1-8,10-16,18-23,32H,9,17H2. The van der Waals surface area contributed by atoms with E-state index in [2.05, 4.69) is 137 Å². The molecule has 1 aliphatic heterocycles. The van der Waals surface area contributed by atoms with E-state index in [4.69, 9.17) is 0 Å². The molecule has 6 aromatic rings. The van der Waals surface area contributed by atoms with Crippen molar-refractivity contribution in [3.63, 3.8) is 0 Å². The minimum atomic E-state index is 0.388. The summed E-state index contributed by atoms with van der Waals surface area (Å²) in [5.74, 6) is 0. The number of nitrogens with zero attached hydrogens (tertiary/aromatic N) is 2. The van der Waals surface area contributed by atoms with Crippen LogP contribution in [0.2, 0.25) is 0 Å². The predicted molar refractivity (Wildman–Crippen MR) is 156 cm³/mol. The lowest BCUT2D eigenvalue weighted by Gasteiger charge is -2.48. The fourth-order valence-corrected chi connectivity index (χ4v) is 6.38. The lowest BCUT2D eigenvalue weighted by molar-refractivity contribution is 0.540. The highest BCUT2D eigenvalue weighted by atomic mass is 15.6. The monoisotopic (exact) mass is 474 g/mol. The van der Waals surface area contributed by atoms with Crippen LogP contribution >= 0.6 is 0 Å². The van der Waals surface area contributed by atoms with Crippen molar-refractivity contribution >= 4 is 38.3 Å². The third-order valence-corrected chi connectivity index (χ3v) is 8.08. The molecule has 37 heavy (non-hydrogen) atoms. The smallest absolute Gasteiger partial charge is 0.0784 e. The van der Waals surface area contributed by atoms with Gasteiger partial charge in [0.1, 0.15) is 0 Å². The highest BCUT2D eigenvalue weighted by Gasteiger charge is 2.40. The van der Waals surface area contributed by atoms with Gasteiger partial charge in [-0.15, -0.1) is 0 Å². The van der Waals surface area contributed by atoms with Crippen LogP contribution in [0.1, 0.15) is 18.4 Å². The fraction of sp³-hybridized carbons (Fsp3) is 0.0857. The normalized spacial score (nSPS) is 17.0. The van der Waals surface area contributed by atoms with Crippen LogP contribution < -0.4 is 5.01 Å². The number of hydrogen-bond acceptors (Lipinski definition) is 1. The van der Waals surface area contributed by atoms with E-state index in [0.717, 1.165) is 12.8 Å². The molecule has 2 nitrogen and oxygen atoms in total. The van der Waals surface area contributed by atoms with Crippen molar-refractivity contribution < 1.29 is 0 Å². The maximum absolute atomic E-state index is 2.57. The van der Waals surface area contributed by atoms with Gasteiger partial charge < -0.3 is 0 Å². The zero-order valence-corrected chi connectivity index (χ0v) is 20.5. The molecule has 0 saturated heterocycles. The van der Waals surface area contributed by atoms with Crippen LogP contribution in [0.3, 0.4) is 0 Å². The second-order valence-corrected chi connectivity index (χ2v) is 10.1. The summed E-state index contributed by atoms with van der Waals surface area (Å²) in [5, 5.41) is 7.82. The molecule has 1 atom stereocenters. The van der Waals surface area contributed by atoms with Crippen molar-refractivity contribution in [3.05, 3.63) is 139 Å². The van der Waals surface area contributed by atoms with E-state index in [9.17, 15) is 0 Å². The molecule has 5 aromatic carbocycles. The van der Waals surface area contributed by atoms with Crippen LogP contribution in [0.25, 0.3) is 49.4 Å². The molecule has 176 valence electrons. The lowest BCUT2D eigenvalue weighted by atomic mass is 9.84. The Balaban J connectivity index is 1.35. The van der Waals surface area contributed by atoms with Gasteiger partial charge in [0.15, 0.2) is 0 Å². The van der Waals surface area contributed by atoms with Gasteiger partial charge in [0.25, 0.3) is 0 Å². The summed E-state index contributed by atoms with van der Waals surface area (Å²) >= 11 is 0. The largest absolute Gasteiger partial charge is 0.272 e. The van der Waals surface area contributed by atoms with Crippen LogP contribution in [0.15, 0.2) is 133 Å². The summed E-state index contributed by atoms with van der Waals surface area (Å²) in [6.07, 6.45) is 6.94. The molecule has 0 amide bonds. The summed E-state index contributed by atoms with van der Waals surface area (Å²) in [5.41, 5.74) is 9.07. The number of hydrogen-bond donors (Lipinski definition) is 0. The first kappa shape index (κ1) is 20.6. The summed E-state index contributed by atoms with van der Waals surface area (Å²) in [6.45, 7) is 0. The minimum absolute atomic E-state index is 0.388. The molecular weight excluding hydrogens is 448 g/mol. The van der Waals surface area contributed by atoms with Crippen LogP contribution in [-0.2, 0) is 0 Å². The highest BCUT2D eigenvalue weighted by Crippen LogP contribution is 2.45. The van der Waals surface area contributed by atoms with Gasteiger partial charge in [-0.05, 0) is 46.9 Å². The number of aromatic nitrogens is 1. The van der Waals surface area contributed by atoms with Gasteiger partial charge in [-0.2, -0.15) is 0 Å². The van der Waals surface area contributed by atoms with Crippen molar-refractivity contribution in [1.82, 2.24) is 4.68 Å². The Morgan fingerprint density at radius 1 is 0.568 bits per heavy atom. The summed E-state index contributed by atoms with van der Waals surface area (Å²) < 4.78 is 2.49. The van der Waals surface area contributed by atoms with Gasteiger partial charge in [-0.3, -0.25) is 9.69 Å². The number of fused-ring (bicyclic) bond motifs is 6. The van der Waals surface area contributed by atoms with E-state index in [0.29, 0.717) is 6.04 Å². The summed E-state index contributed by atoms with van der Waals surface area (Å²) in [7, 11) is 0. The van der Waals surface area contributed by atoms with Gasteiger partial charge in [-0.1, -0.05) is 115 Å². The Labute approximate surface area is 216 Å². The predicted octanol–water partition coefficient (Wildman–Crippen LogP) is 8.70. The van der Waals surface area contributed by atoms with E-state index >= 15 is 0 Å². The maximum Gasteiger partial charge on any atom is 0.0784 e. The molecule has 8 rings (SSSR count). The molecule has 0 saturated carbocycles. The van der Waals surface area contributed by atoms with E-state index in [-0.39, 0.29) is 0 Å². The van der Waals surface area contributed by atoms with Gasteiger partial charge in [0.2, 0.25) is 0 Å². The van der Waals surface area contributed by atoms with Gasteiger partial charge >= 0.3 is 0 Å². The number of benzene rings is 5. The molecule has 0 N–H and O–H groups in total. The molecule has 0 spiro atoms. The van der Waals surface area contributed by atoms with Crippen molar-refractivity contribution in [3.8, 4) is 11.1 Å². The summed E-state index contributed by atoms with van der Waals surface area (Å²) in [6, 6.07) is 42.3. The van der Waals surface area contributed by atoms with Crippen LogP contribution in [0, 0.1) is 0 Å². The van der Waals surface area contributed by atoms with Crippen LogP contribution in [-0.4, -0.2) is 10.7 Å². The fourth-order valence-electron chi connectivity index (χ4n) is 6.38. The van der Waals surface area contributed by atoms with Crippen molar-refractivity contribution in [1.29, 1.82) is 0 Å². The van der Waals surface area contributed by atoms with Crippen LogP contribution in [0.5, 0.6) is 0 Å². The first-order valence-electron chi connectivity index (χ1n) is 13.2. The number of para-hydroxylation sites is 1. The number of allylic oxidation sites excluding steroid dienone is 1. The number of rotatable bonds is 3. The zero-order valence-electron chi connectivity index (χ0n) is 20.5. The zero-order chi connectivity index (χ0) is 24.3. The Hall–Kier alpha value is -4.56. The molecule has 2 heteroatoms. The summed E-state index contributed by atoms with van der Waals surface area (Å²) in [4.78, 5) is 0. The van der Waals surface area contributed by atoms with E-state index in [1.807, 2.05) is 0 Å². The second-order valence-electron chi connectivity index (χ2n) is 10.1. The quantitative estimate of drug-likeness (QED) is 0.249. The molecular formula is C35H26N2. The van der Waals surface area contributed by atoms with Crippen LogP contribution in [0.4, 0.5) is 0 Å². The van der Waals surface area contributed by atoms with E-state index in [1.165, 1.54) is 60.5 Å². The topological polar surface area (TPSA) is 8.17 Å². The Bertz CT molecular complexity index is 1870. The molecule has 0 radical (unpaired) electrons. The molecule has 1 aliphatic carbocycles. The Morgan fingerprint density at radius 2 is 1.27 bits per heavy atom. The second kappa shape index (κ2) is 7.97. The van der Waals surface area contributed by atoms with Crippen molar-refractivity contribution in [2.45, 2.75) is 18.9 Å². The maximum atomic E-state index is 2.57. The average Bonchev–Trinajstić information content (AvgIpc) is 3.29. The van der Waals surface area contributed by atoms with Gasteiger partial charge in [0, 0.05) is 21.9 Å². The molecule has 0 fully saturated rings. The van der Waals surface area contributed by atoms with Gasteiger partial charge in [0.05, 0.1) is 22.8 Å². The van der Waals surface area contributed by atoms with E-state index in [1.54, 1.807) is 0 Å². The average molecular weight is 475 g/mol. The third kappa shape index (κ3) is 2.99. The van der Waals surface area contributed by atoms with E-state index < -0.39 is 0 Å². The molecule has 1 aromatic heterocycles. The first-order chi connectivity index (χ1) is 18.4. The third-order valence-electron chi connectivity index (χ3n) is 8.08. The first-order valence-corrected chi connectivity index (χ1v) is 13.2.